The number of hydrogen-bond acceptors (Lipinski definition) is 3. The molecule has 5 heteroatoms. The summed E-state index contributed by atoms with van der Waals surface area (Å²) in [5, 5.41) is 0. The summed E-state index contributed by atoms with van der Waals surface area (Å²) >= 11 is 0. The monoisotopic (exact) mass is 433 g/mol. The van der Waals surface area contributed by atoms with Crippen molar-refractivity contribution < 1.29 is 9.53 Å². The lowest BCUT2D eigenvalue weighted by molar-refractivity contribution is -0.127. The minimum atomic E-state index is 0.179. The number of fused-ring (bicyclic) bond motifs is 1. The number of hydrogen-bond donors (Lipinski definition) is 0. The summed E-state index contributed by atoms with van der Waals surface area (Å²) in [5.41, 5.74) is 4.63. The number of benzene rings is 2. The average Bonchev–Trinajstić information content (AvgIpc) is 3.33. The molecule has 1 aliphatic rings. The van der Waals surface area contributed by atoms with E-state index >= 15 is 0 Å². The van der Waals surface area contributed by atoms with Gasteiger partial charge in [0.05, 0.1) is 17.6 Å². The fourth-order valence-corrected chi connectivity index (χ4v) is 4.67. The van der Waals surface area contributed by atoms with Gasteiger partial charge in [-0.25, -0.2) is 4.98 Å². The number of rotatable bonds is 10. The molecule has 1 saturated heterocycles. The van der Waals surface area contributed by atoms with Gasteiger partial charge in [-0.05, 0) is 56.9 Å². The molecule has 1 atom stereocenters. The molecule has 2 aromatic carbocycles. The molecule has 32 heavy (non-hydrogen) atoms. The first-order chi connectivity index (χ1) is 15.6. The van der Waals surface area contributed by atoms with Gasteiger partial charge in [-0.15, -0.1) is 0 Å². The molecule has 4 rings (SSSR count). The number of amides is 1. The molecule has 1 aliphatic heterocycles. The van der Waals surface area contributed by atoms with Crippen molar-refractivity contribution in [3.05, 3.63) is 59.4 Å². The van der Waals surface area contributed by atoms with Crippen LogP contribution in [0.15, 0.2) is 42.5 Å². The zero-order valence-corrected chi connectivity index (χ0v) is 19.6. The van der Waals surface area contributed by atoms with Crippen LogP contribution >= 0.6 is 0 Å². The third-order valence-corrected chi connectivity index (χ3v) is 6.41. The van der Waals surface area contributed by atoms with Crippen LogP contribution < -0.4 is 4.74 Å². The molecule has 0 saturated carbocycles. The Morgan fingerprint density at radius 3 is 2.72 bits per heavy atom. The molecule has 0 radical (unpaired) electrons. The van der Waals surface area contributed by atoms with E-state index in [0.29, 0.717) is 13.0 Å². The maximum Gasteiger partial charge on any atom is 0.223 e. The third-order valence-electron chi connectivity index (χ3n) is 6.41. The summed E-state index contributed by atoms with van der Waals surface area (Å²) < 4.78 is 8.36. The van der Waals surface area contributed by atoms with Crippen molar-refractivity contribution in [3.63, 3.8) is 0 Å². The molecule has 0 N–H and O–H groups in total. The SMILES string of the molecule is CCCCN1CC(c2nc3ccccc3n2CCCCOc2ccc(C)cc2C)CC1=O. The maximum absolute atomic E-state index is 12.5. The normalized spacial score (nSPS) is 16.3. The van der Waals surface area contributed by atoms with Gasteiger partial charge >= 0.3 is 0 Å². The number of carbonyl (C=O) groups is 1. The highest BCUT2D eigenvalue weighted by Crippen LogP contribution is 2.31. The highest BCUT2D eigenvalue weighted by atomic mass is 16.5. The summed E-state index contributed by atoms with van der Waals surface area (Å²) in [6.07, 6.45) is 4.74. The molecule has 1 aromatic heterocycles. The van der Waals surface area contributed by atoms with Crippen molar-refractivity contribution in [2.45, 2.75) is 65.3 Å². The topological polar surface area (TPSA) is 47.4 Å². The van der Waals surface area contributed by atoms with E-state index in [1.165, 1.54) is 11.1 Å². The van der Waals surface area contributed by atoms with E-state index in [-0.39, 0.29) is 11.8 Å². The molecule has 0 bridgehead atoms. The number of nitrogens with zero attached hydrogens (tertiary/aromatic N) is 3. The Hall–Kier alpha value is -2.82. The summed E-state index contributed by atoms with van der Waals surface area (Å²) in [4.78, 5) is 19.5. The lowest BCUT2D eigenvalue weighted by atomic mass is 10.1. The molecule has 1 unspecified atom stereocenters. The van der Waals surface area contributed by atoms with Crippen LogP contribution in [0.4, 0.5) is 0 Å². The number of carbonyl (C=O) groups excluding carboxylic acids is 1. The van der Waals surface area contributed by atoms with E-state index in [1.807, 2.05) is 11.0 Å². The predicted molar refractivity (Wildman–Crippen MR) is 129 cm³/mol. The van der Waals surface area contributed by atoms with Crippen LogP contribution in [-0.4, -0.2) is 40.1 Å². The van der Waals surface area contributed by atoms with E-state index in [1.54, 1.807) is 0 Å². The van der Waals surface area contributed by atoms with Gasteiger partial charge in [-0.1, -0.05) is 43.2 Å². The Labute approximate surface area is 191 Å². The lowest BCUT2D eigenvalue weighted by Crippen LogP contribution is -2.26. The van der Waals surface area contributed by atoms with Crippen molar-refractivity contribution in [3.8, 4) is 5.75 Å². The summed E-state index contributed by atoms with van der Waals surface area (Å²) in [7, 11) is 0. The average molecular weight is 434 g/mol. The molecule has 1 fully saturated rings. The molecule has 0 spiro atoms. The van der Waals surface area contributed by atoms with Gasteiger partial charge in [0.1, 0.15) is 11.6 Å². The van der Waals surface area contributed by atoms with E-state index in [4.69, 9.17) is 9.72 Å². The van der Waals surface area contributed by atoms with Gasteiger partial charge < -0.3 is 14.2 Å². The van der Waals surface area contributed by atoms with Gasteiger partial charge in [0, 0.05) is 32.0 Å². The molecule has 2 heterocycles. The zero-order chi connectivity index (χ0) is 22.5. The first-order valence-corrected chi connectivity index (χ1v) is 12.0. The lowest BCUT2D eigenvalue weighted by Gasteiger charge is -2.17. The van der Waals surface area contributed by atoms with Crippen LogP contribution in [0.5, 0.6) is 5.75 Å². The van der Waals surface area contributed by atoms with Crippen molar-refractivity contribution in [1.29, 1.82) is 0 Å². The van der Waals surface area contributed by atoms with E-state index in [2.05, 4.69) is 61.7 Å². The van der Waals surface area contributed by atoms with Crippen molar-refractivity contribution in [1.82, 2.24) is 14.5 Å². The van der Waals surface area contributed by atoms with Crippen molar-refractivity contribution >= 4 is 16.9 Å². The smallest absolute Gasteiger partial charge is 0.223 e. The number of para-hydroxylation sites is 2. The summed E-state index contributed by atoms with van der Waals surface area (Å²) in [6, 6.07) is 14.6. The third kappa shape index (κ3) is 4.98. The maximum atomic E-state index is 12.5. The Balaban J connectivity index is 1.41. The van der Waals surface area contributed by atoms with Crippen LogP contribution in [0.25, 0.3) is 11.0 Å². The van der Waals surface area contributed by atoms with E-state index in [0.717, 1.165) is 67.9 Å². The van der Waals surface area contributed by atoms with Crippen LogP contribution in [0.3, 0.4) is 0 Å². The molecule has 0 aliphatic carbocycles. The van der Waals surface area contributed by atoms with E-state index in [9.17, 15) is 4.79 Å². The fraction of sp³-hybridized carbons (Fsp3) is 0.481. The summed E-state index contributed by atoms with van der Waals surface area (Å²) in [6.45, 7) is 9.62. The molecule has 1 amide bonds. The van der Waals surface area contributed by atoms with Gasteiger partial charge in [-0.3, -0.25) is 4.79 Å². The van der Waals surface area contributed by atoms with Gasteiger partial charge in [-0.2, -0.15) is 0 Å². The minimum Gasteiger partial charge on any atom is -0.493 e. The second-order valence-corrected chi connectivity index (χ2v) is 9.03. The Morgan fingerprint density at radius 2 is 1.91 bits per heavy atom. The van der Waals surface area contributed by atoms with Crippen LogP contribution in [0, 0.1) is 13.8 Å². The number of aryl methyl sites for hydroxylation is 3. The van der Waals surface area contributed by atoms with Crippen LogP contribution in [-0.2, 0) is 11.3 Å². The van der Waals surface area contributed by atoms with Crippen LogP contribution in [0.2, 0.25) is 0 Å². The second kappa shape index (κ2) is 10.2. The van der Waals surface area contributed by atoms with Crippen molar-refractivity contribution in [2.75, 3.05) is 19.7 Å². The highest BCUT2D eigenvalue weighted by molar-refractivity contribution is 5.80. The number of imidazole rings is 1. The molecule has 5 nitrogen and oxygen atoms in total. The van der Waals surface area contributed by atoms with Gasteiger partial charge in [0.15, 0.2) is 0 Å². The Morgan fingerprint density at radius 1 is 1.06 bits per heavy atom. The highest BCUT2D eigenvalue weighted by Gasteiger charge is 2.33. The second-order valence-electron chi connectivity index (χ2n) is 9.03. The van der Waals surface area contributed by atoms with Crippen LogP contribution in [0.1, 0.15) is 61.9 Å². The quantitative estimate of drug-likeness (QED) is 0.389. The first-order valence-electron chi connectivity index (χ1n) is 12.0. The van der Waals surface area contributed by atoms with Gasteiger partial charge in [0.2, 0.25) is 5.91 Å². The zero-order valence-electron chi connectivity index (χ0n) is 19.6. The number of likely N-dealkylation sites (tertiary alicyclic amines) is 1. The molecule has 170 valence electrons. The standard InChI is InChI=1S/C27H35N3O2/c1-4-5-14-29-19-22(18-26(29)31)27-28-23-10-6-7-11-24(23)30(27)15-8-9-16-32-25-13-12-20(2)17-21(25)3/h6-7,10-13,17,22H,4-5,8-9,14-16,18-19H2,1-3H3. The Bertz CT molecular complexity index is 1070. The first kappa shape index (κ1) is 22.4. The Kier molecular flexibility index (Phi) is 7.13. The molecular weight excluding hydrogens is 398 g/mol. The van der Waals surface area contributed by atoms with Gasteiger partial charge in [0.25, 0.3) is 0 Å². The number of unbranched alkanes of at least 4 members (excludes halogenated alkanes) is 2. The largest absolute Gasteiger partial charge is 0.493 e. The van der Waals surface area contributed by atoms with E-state index < -0.39 is 0 Å². The molecular formula is C27H35N3O2. The fourth-order valence-electron chi connectivity index (χ4n) is 4.67. The minimum absolute atomic E-state index is 0.179. The number of ether oxygens (including phenoxy) is 1. The molecule has 3 aromatic rings. The predicted octanol–water partition coefficient (Wildman–Crippen LogP) is 5.63. The summed E-state index contributed by atoms with van der Waals surface area (Å²) in [5.74, 6) is 2.48. The van der Waals surface area contributed by atoms with Crippen molar-refractivity contribution in [2.24, 2.45) is 0 Å². The number of aromatic nitrogens is 2.